The summed E-state index contributed by atoms with van der Waals surface area (Å²) >= 11 is 0. The molecule has 1 aromatic rings. The van der Waals surface area contributed by atoms with Crippen LogP contribution in [-0.2, 0) is 13.0 Å². The third kappa shape index (κ3) is 4.34. The molecule has 142 valence electrons. The summed E-state index contributed by atoms with van der Waals surface area (Å²) in [5, 5.41) is 5.89. The Morgan fingerprint density at radius 3 is 2.69 bits per heavy atom. The van der Waals surface area contributed by atoms with E-state index in [4.69, 9.17) is 0 Å². The van der Waals surface area contributed by atoms with Crippen molar-refractivity contribution in [3.63, 3.8) is 0 Å². The lowest BCUT2D eigenvalue weighted by molar-refractivity contribution is 0.0927. The summed E-state index contributed by atoms with van der Waals surface area (Å²) < 4.78 is 1.93. The Balaban J connectivity index is 1.70. The van der Waals surface area contributed by atoms with Crippen LogP contribution in [0.5, 0.6) is 0 Å². The van der Waals surface area contributed by atoms with Crippen molar-refractivity contribution in [3.8, 4) is 0 Å². The van der Waals surface area contributed by atoms with Gasteiger partial charge in [-0.25, -0.2) is 4.98 Å². The van der Waals surface area contributed by atoms with Crippen molar-refractivity contribution in [1.29, 1.82) is 0 Å². The van der Waals surface area contributed by atoms with Crippen LogP contribution in [0.4, 0.5) is 0 Å². The van der Waals surface area contributed by atoms with Gasteiger partial charge >= 0.3 is 0 Å². The largest absolute Gasteiger partial charge is 0.350 e. The van der Waals surface area contributed by atoms with Crippen LogP contribution in [0.3, 0.4) is 0 Å². The highest BCUT2D eigenvalue weighted by molar-refractivity contribution is 5.97. The molecule has 1 aliphatic heterocycles. The van der Waals surface area contributed by atoms with E-state index in [0.29, 0.717) is 18.1 Å². The van der Waals surface area contributed by atoms with E-state index in [1.165, 1.54) is 18.4 Å². The number of nitrogens with one attached hydrogen (secondary N) is 2. The highest BCUT2D eigenvalue weighted by Gasteiger charge is 2.27. The number of rotatable bonds is 6. The Morgan fingerprint density at radius 1 is 1.15 bits per heavy atom. The second-order valence-electron chi connectivity index (χ2n) is 7.58. The van der Waals surface area contributed by atoms with Crippen LogP contribution in [0, 0.1) is 0 Å². The molecule has 3 rings (SSSR count). The van der Waals surface area contributed by atoms with Gasteiger partial charge in [-0.1, -0.05) is 11.6 Å². The molecule has 1 aromatic heterocycles. The molecule has 0 saturated heterocycles. The summed E-state index contributed by atoms with van der Waals surface area (Å²) in [7, 11) is 0. The van der Waals surface area contributed by atoms with E-state index < -0.39 is 0 Å². The number of aromatic nitrogens is 2. The highest BCUT2D eigenvalue weighted by Crippen LogP contribution is 2.22. The molecular formula is C20H30N4O2. The molecule has 0 spiro atoms. The maximum absolute atomic E-state index is 12.7. The second kappa shape index (κ2) is 8.52. The zero-order chi connectivity index (χ0) is 18.5. The van der Waals surface area contributed by atoms with E-state index in [0.717, 1.165) is 50.8 Å². The smallest absolute Gasteiger partial charge is 0.287 e. The standard InChI is InChI=1S/C20H30N4O2/c1-14(2)22-20(26)18-23-17(16-10-6-7-13-24(16)18)19(25)21-12-11-15-8-4-3-5-9-15/h8,14H,3-7,9-13H2,1-2H3,(H,21,25)(H,22,26). The molecule has 2 amide bonds. The van der Waals surface area contributed by atoms with Crippen LogP contribution in [0.2, 0.25) is 0 Å². The Morgan fingerprint density at radius 2 is 1.96 bits per heavy atom. The normalized spacial score (nSPS) is 16.8. The van der Waals surface area contributed by atoms with Crippen molar-refractivity contribution < 1.29 is 9.59 Å². The van der Waals surface area contributed by atoms with Crippen LogP contribution in [-0.4, -0.2) is 34.0 Å². The highest BCUT2D eigenvalue weighted by atomic mass is 16.2. The summed E-state index contributed by atoms with van der Waals surface area (Å²) in [6, 6.07) is 0.0417. The maximum Gasteiger partial charge on any atom is 0.287 e. The molecule has 2 heterocycles. The number of carbonyl (C=O) groups is 2. The Kier molecular flexibility index (Phi) is 6.12. The number of allylic oxidation sites excluding steroid dienone is 1. The van der Waals surface area contributed by atoms with Crippen molar-refractivity contribution in [1.82, 2.24) is 20.2 Å². The molecular weight excluding hydrogens is 328 g/mol. The lowest BCUT2D eigenvalue weighted by Gasteiger charge is -2.17. The topological polar surface area (TPSA) is 76.0 Å². The zero-order valence-corrected chi connectivity index (χ0v) is 15.9. The van der Waals surface area contributed by atoms with Gasteiger partial charge in [-0.3, -0.25) is 9.59 Å². The minimum absolute atomic E-state index is 0.0417. The molecule has 0 bridgehead atoms. The van der Waals surface area contributed by atoms with Gasteiger partial charge in [0.15, 0.2) is 5.82 Å². The number of nitrogens with zero attached hydrogens (tertiary/aromatic N) is 2. The quantitative estimate of drug-likeness (QED) is 0.768. The molecule has 26 heavy (non-hydrogen) atoms. The first-order valence-electron chi connectivity index (χ1n) is 9.92. The number of hydrogen-bond donors (Lipinski definition) is 2. The fraction of sp³-hybridized carbons (Fsp3) is 0.650. The number of fused-ring (bicyclic) bond motifs is 1. The first-order chi connectivity index (χ1) is 12.6. The Hall–Kier alpha value is -2.11. The van der Waals surface area contributed by atoms with Crippen molar-refractivity contribution in [2.24, 2.45) is 0 Å². The van der Waals surface area contributed by atoms with Gasteiger partial charge in [0.05, 0.1) is 5.69 Å². The van der Waals surface area contributed by atoms with Crippen molar-refractivity contribution >= 4 is 11.8 Å². The fourth-order valence-corrected chi connectivity index (χ4v) is 3.78. The van der Waals surface area contributed by atoms with Crippen LogP contribution >= 0.6 is 0 Å². The van der Waals surface area contributed by atoms with Crippen molar-refractivity contribution in [2.45, 2.75) is 77.8 Å². The van der Waals surface area contributed by atoms with E-state index in [9.17, 15) is 9.59 Å². The van der Waals surface area contributed by atoms with E-state index in [-0.39, 0.29) is 17.9 Å². The average Bonchev–Trinajstić information content (AvgIpc) is 3.02. The van der Waals surface area contributed by atoms with Crippen LogP contribution in [0.15, 0.2) is 11.6 Å². The molecule has 0 saturated carbocycles. The number of amides is 2. The van der Waals surface area contributed by atoms with E-state index >= 15 is 0 Å². The predicted octanol–water partition coefficient (Wildman–Crippen LogP) is 2.98. The molecule has 0 fully saturated rings. The van der Waals surface area contributed by atoms with E-state index in [1.807, 2.05) is 18.4 Å². The number of imidazole rings is 1. The molecule has 0 unspecified atom stereocenters. The van der Waals surface area contributed by atoms with E-state index in [1.54, 1.807) is 0 Å². The van der Waals surface area contributed by atoms with Gasteiger partial charge in [-0.15, -0.1) is 0 Å². The average molecular weight is 358 g/mol. The van der Waals surface area contributed by atoms with Gasteiger partial charge in [0, 0.05) is 19.1 Å². The molecule has 6 heteroatoms. The molecule has 1 aliphatic carbocycles. The van der Waals surface area contributed by atoms with Crippen LogP contribution in [0.1, 0.15) is 85.6 Å². The van der Waals surface area contributed by atoms with Crippen molar-refractivity contribution in [2.75, 3.05) is 6.54 Å². The van der Waals surface area contributed by atoms with Gasteiger partial charge in [-0.2, -0.15) is 0 Å². The lowest BCUT2D eigenvalue weighted by atomic mass is 9.97. The number of hydrogen-bond acceptors (Lipinski definition) is 3. The lowest BCUT2D eigenvalue weighted by Crippen LogP contribution is -2.33. The third-order valence-corrected chi connectivity index (χ3v) is 5.07. The predicted molar refractivity (Wildman–Crippen MR) is 101 cm³/mol. The summed E-state index contributed by atoms with van der Waals surface area (Å²) in [5.41, 5.74) is 2.77. The van der Waals surface area contributed by atoms with Gasteiger partial charge < -0.3 is 15.2 Å². The number of carbonyl (C=O) groups excluding carboxylic acids is 2. The summed E-state index contributed by atoms with van der Waals surface area (Å²) in [5.74, 6) is 0.0127. The summed E-state index contributed by atoms with van der Waals surface area (Å²) in [4.78, 5) is 29.6. The molecule has 0 aromatic carbocycles. The monoisotopic (exact) mass is 358 g/mol. The first kappa shape index (κ1) is 18.7. The van der Waals surface area contributed by atoms with Gasteiger partial charge in [-0.05, 0) is 65.2 Å². The third-order valence-electron chi connectivity index (χ3n) is 5.07. The molecule has 0 radical (unpaired) electrons. The van der Waals surface area contributed by atoms with Crippen LogP contribution in [0.25, 0.3) is 0 Å². The molecule has 2 aliphatic rings. The first-order valence-corrected chi connectivity index (χ1v) is 9.92. The Labute approximate surface area is 155 Å². The fourth-order valence-electron chi connectivity index (χ4n) is 3.78. The minimum Gasteiger partial charge on any atom is -0.350 e. The minimum atomic E-state index is -0.199. The van der Waals surface area contributed by atoms with Crippen molar-refractivity contribution in [3.05, 3.63) is 28.9 Å². The SMILES string of the molecule is CC(C)NC(=O)c1nc(C(=O)NCCC2=CCCCC2)c2n1CCCC2. The van der Waals surface area contributed by atoms with Crippen LogP contribution < -0.4 is 10.6 Å². The summed E-state index contributed by atoms with van der Waals surface area (Å²) in [6.07, 6.45) is 10.9. The Bertz CT molecular complexity index is 703. The molecule has 6 nitrogen and oxygen atoms in total. The summed E-state index contributed by atoms with van der Waals surface area (Å²) in [6.45, 7) is 5.23. The molecule has 0 atom stereocenters. The van der Waals surface area contributed by atoms with Gasteiger partial charge in [0.25, 0.3) is 11.8 Å². The maximum atomic E-state index is 12.7. The second-order valence-corrected chi connectivity index (χ2v) is 7.58. The van der Waals surface area contributed by atoms with Gasteiger partial charge in [0.2, 0.25) is 0 Å². The molecule has 2 N–H and O–H groups in total. The zero-order valence-electron chi connectivity index (χ0n) is 15.9. The van der Waals surface area contributed by atoms with E-state index in [2.05, 4.69) is 21.7 Å². The van der Waals surface area contributed by atoms with Gasteiger partial charge in [0.1, 0.15) is 5.69 Å².